The van der Waals surface area contributed by atoms with Gasteiger partial charge in [-0.25, -0.2) is 4.79 Å². The fourth-order valence-electron chi connectivity index (χ4n) is 2.41. The van der Waals surface area contributed by atoms with E-state index in [1.165, 1.54) is 35.2 Å². The van der Waals surface area contributed by atoms with Gasteiger partial charge in [0.2, 0.25) is 5.13 Å². The highest BCUT2D eigenvalue weighted by molar-refractivity contribution is 8.00. The predicted molar refractivity (Wildman–Crippen MR) is 105 cm³/mol. The third-order valence-corrected chi connectivity index (χ3v) is 6.01. The summed E-state index contributed by atoms with van der Waals surface area (Å²) < 4.78 is 11.1. The van der Waals surface area contributed by atoms with Crippen LogP contribution in [-0.4, -0.2) is 15.3 Å². The van der Waals surface area contributed by atoms with Crippen molar-refractivity contribution in [2.45, 2.75) is 16.6 Å². The Morgan fingerprint density at radius 3 is 3.00 bits per heavy atom. The normalized spacial score (nSPS) is 11.1. The van der Waals surface area contributed by atoms with Crippen LogP contribution in [-0.2, 0) is 12.3 Å². The maximum atomic E-state index is 11.8. The Labute approximate surface area is 166 Å². The van der Waals surface area contributed by atoms with E-state index in [1.54, 1.807) is 12.3 Å². The first-order valence-corrected chi connectivity index (χ1v) is 9.94. The van der Waals surface area contributed by atoms with E-state index in [2.05, 4.69) is 15.5 Å². The van der Waals surface area contributed by atoms with E-state index in [9.17, 15) is 9.90 Å². The Balaban J connectivity index is 1.49. The SMILES string of the molecule is O=c1cc(CSc2nnc(NCc3ccco3)s2)c2cc(Cl)c(O)cc2o1. The van der Waals surface area contributed by atoms with Gasteiger partial charge in [0.25, 0.3) is 0 Å². The molecule has 0 aliphatic rings. The third kappa shape index (κ3) is 4.10. The number of nitrogens with zero attached hydrogens (tertiary/aromatic N) is 2. The molecule has 4 aromatic rings. The summed E-state index contributed by atoms with van der Waals surface area (Å²) in [5.74, 6) is 1.16. The molecular formula is C17H12ClN3O4S2. The smallest absolute Gasteiger partial charge is 0.336 e. The molecule has 1 aromatic carbocycles. The number of halogens is 1. The molecule has 0 spiro atoms. The van der Waals surface area contributed by atoms with Crippen molar-refractivity contribution >= 4 is 50.8 Å². The predicted octanol–water partition coefficient (Wildman–Crippen LogP) is 4.50. The molecular weight excluding hydrogens is 410 g/mol. The first-order chi connectivity index (χ1) is 13.1. The maximum Gasteiger partial charge on any atom is 0.336 e. The quantitative estimate of drug-likeness (QED) is 0.346. The maximum absolute atomic E-state index is 11.8. The minimum Gasteiger partial charge on any atom is -0.506 e. The van der Waals surface area contributed by atoms with Crippen molar-refractivity contribution < 1.29 is 13.9 Å². The van der Waals surface area contributed by atoms with Gasteiger partial charge in [0, 0.05) is 23.3 Å². The topological polar surface area (TPSA) is 101 Å². The molecule has 0 saturated carbocycles. The van der Waals surface area contributed by atoms with Crippen LogP contribution in [0.15, 0.2) is 54.6 Å². The van der Waals surface area contributed by atoms with Crippen LogP contribution in [0.4, 0.5) is 5.13 Å². The number of fused-ring (bicyclic) bond motifs is 1. The van der Waals surface area contributed by atoms with Gasteiger partial charge >= 0.3 is 5.63 Å². The molecule has 4 rings (SSSR count). The number of benzene rings is 1. The van der Waals surface area contributed by atoms with E-state index < -0.39 is 5.63 Å². The van der Waals surface area contributed by atoms with Gasteiger partial charge in [0.15, 0.2) is 4.34 Å². The van der Waals surface area contributed by atoms with Gasteiger partial charge in [0.1, 0.15) is 17.1 Å². The molecule has 0 bridgehead atoms. The zero-order chi connectivity index (χ0) is 18.8. The number of hydrogen-bond donors (Lipinski definition) is 2. The fourth-order valence-corrected chi connectivity index (χ4v) is 4.31. The summed E-state index contributed by atoms with van der Waals surface area (Å²) in [4.78, 5) is 11.8. The Hall–Kier alpha value is -2.49. The monoisotopic (exact) mass is 421 g/mol. The Morgan fingerprint density at radius 2 is 2.19 bits per heavy atom. The van der Waals surface area contributed by atoms with Crippen molar-refractivity contribution in [2.24, 2.45) is 0 Å². The summed E-state index contributed by atoms with van der Waals surface area (Å²) in [6.45, 7) is 0.526. The number of rotatable bonds is 6. The molecule has 7 nitrogen and oxygen atoms in total. The molecule has 138 valence electrons. The highest BCUT2D eigenvalue weighted by Crippen LogP contribution is 2.33. The van der Waals surface area contributed by atoms with Crippen LogP contribution in [0.3, 0.4) is 0 Å². The number of aromatic hydroxyl groups is 1. The second-order valence-corrected chi connectivity index (χ2v) is 8.09. The molecule has 3 heterocycles. The number of anilines is 1. The molecule has 0 radical (unpaired) electrons. The van der Waals surface area contributed by atoms with Crippen LogP contribution in [0, 0.1) is 0 Å². The van der Waals surface area contributed by atoms with Crippen molar-refractivity contribution in [3.05, 3.63) is 63.4 Å². The van der Waals surface area contributed by atoms with Gasteiger partial charge in [-0.3, -0.25) is 0 Å². The highest BCUT2D eigenvalue weighted by atomic mass is 35.5. The molecule has 0 aliphatic heterocycles. The van der Waals surface area contributed by atoms with Crippen molar-refractivity contribution in [3.63, 3.8) is 0 Å². The second kappa shape index (κ2) is 7.63. The third-order valence-electron chi connectivity index (χ3n) is 3.65. The van der Waals surface area contributed by atoms with Crippen LogP contribution < -0.4 is 10.9 Å². The van der Waals surface area contributed by atoms with Gasteiger partial charge in [-0.05, 0) is 23.8 Å². The van der Waals surface area contributed by atoms with Crippen molar-refractivity contribution in [2.75, 3.05) is 5.32 Å². The molecule has 0 amide bonds. The average molecular weight is 422 g/mol. The van der Waals surface area contributed by atoms with Crippen molar-refractivity contribution in [1.82, 2.24) is 10.2 Å². The molecule has 0 saturated heterocycles. The molecule has 0 fully saturated rings. The lowest BCUT2D eigenvalue weighted by Crippen LogP contribution is -1.99. The van der Waals surface area contributed by atoms with Gasteiger partial charge < -0.3 is 19.3 Å². The summed E-state index contributed by atoms with van der Waals surface area (Å²) in [6.07, 6.45) is 1.62. The number of phenolic OH excluding ortho intramolecular Hbond substituents is 1. The number of nitrogens with one attached hydrogen (secondary N) is 1. The molecule has 0 aliphatic carbocycles. The zero-order valence-electron chi connectivity index (χ0n) is 13.6. The lowest BCUT2D eigenvalue weighted by Gasteiger charge is -2.05. The molecule has 0 unspecified atom stereocenters. The van der Waals surface area contributed by atoms with E-state index in [-0.39, 0.29) is 16.4 Å². The lowest BCUT2D eigenvalue weighted by molar-refractivity contribution is 0.473. The zero-order valence-corrected chi connectivity index (χ0v) is 16.0. The molecule has 27 heavy (non-hydrogen) atoms. The Kier molecular flexibility index (Phi) is 5.06. The van der Waals surface area contributed by atoms with E-state index >= 15 is 0 Å². The summed E-state index contributed by atoms with van der Waals surface area (Å²) in [5.41, 5.74) is 0.546. The number of thioether (sulfide) groups is 1. The summed E-state index contributed by atoms with van der Waals surface area (Å²) in [7, 11) is 0. The van der Waals surface area contributed by atoms with Crippen LogP contribution >= 0.6 is 34.7 Å². The minimum absolute atomic E-state index is 0.131. The fraction of sp³-hybridized carbons (Fsp3) is 0.118. The number of phenols is 1. The lowest BCUT2D eigenvalue weighted by atomic mass is 10.1. The van der Waals surface area contributed by atoms with E-state index in [4.69, 9.17) is 20.4 Å². The number of furan rings is 1. The van der Waals surface area contributed by atoms with Crippen LogP contribution in [0.2, 0.25) is 5.02 Å². The first kappa shape index (κ1) is 17.9. The highest BCUT2D eigenvalue weighted by Gasteiger charge is 2.12. The largest absolute Gasteiger partial charge is 0.506 e. The van der Waals surface area contributed by atoms with Gasteiger partial charge in [-0.15, -0.1) is 10.2 Å². The van der Waals surface area contributed by atoms with Gasteiger partial charge in [0.05, 0.1) is 17.8 Å². The van der Waals surface area contributed by atoms with E-state index in [0.29, 0.717) is 22.8 Å². The number of hydrogen-bond acceptors (Lipinski definition) is 9. The molecule has 10 heteroatoms. The Morgan fingerprint density at radius 1 is 1.30 bits per heavy atom. The van der Waals surface area contributed by atoms with Crippen LogP contribution in [0.5, 0.6) is 5.75 Å². The standard InChI is InChI=1S/C17H12ClN3O4S2/c18-12-5-11-9(4-15(23)25-14(11)6-13(12)22)8-26-17-21-20-16(27-17)19-7-10-2-1-3-24-10/h1-6,22H,7-8H2,(H,19,20). The van der Waals surface area contributed by atoms with Crippen LogP contribution in [0.1, 0.15) is 11.3 Å². The molecule has 2 N–H and O–H groups in total. The average Bonchev–Trinajstić information content (AvgIpc) is 3.31. The second-order valence-electron chi connectivity index (χ2n) is 5.49. The van der Waals surface area contributed by atoms with Gasteiger partial charge in [-0.1, -0.05) is 34.7 Å². The van der Waals surface area contributed by atoms with E-state index in [1.807, 2.05) is 12.1 Å². The van der Waals surface area contributed by atoms with Gasteiger partial charge in [-0.2, -0.15) is 0 Å². The first-order valence-electron chi connectivity index (χ1n) is 7.76. The number of aromatic nitrogens is 2. The summed E-state index contributed by atoms with van der Waals surface area (Å²) in [6, 6.07) is 8.04. The summed E-state index contributed by atoms with van der Waals surface area (Å²) in [5, 5.41) is 22.6. The molecule has 3 aromatic heterocycles. The van der Waals surface area contributed by atoms with E-state index in [0.717, 1.165) is 15.7 Å². The minimum atomic E-state index is -0.488. The molecule has 0 atom stereocenters. The van der Waals surface area contributed by atoms with Crippen molar-refractivity contribution in [1.29, 1.82) is 0 Å². The Bertz CT molecular complexity index is 1140. The summed E-state index contributed by atoms with van der Waals surface area (Å²) >= 11 is 8.84. The van der Waals surface area contributed by atoms with Crippen molar-refractivity contribution in [3.8, 4) is 5.75 Å². The van der Waals surface area contributed by atoms with Crippen LogP contribution in [0.25, 0.3) is 11.0 Å².